The van der Waals surface area contributed by atoms with Crippen molar-refractivity contribution < 1.29 is 9.90 Å². The summed E-state index contributed by atoms with van der Waals surface area (Å²) in [5.74, 6) is 1.96. The summed E-state index contributed by atoms with van der Waals surface area (Å²) < 4.78 is 0. The molecule has 2 nitrogen and oxygen atoms in total. The normalized spacial score (nSPS) is 10.1. The number of phenols is 1. The van der Waals surface area contributed by atoms with Crippen LogP contribution < -0.4 is 0 Å². The van der Waals surface area contributed by atoms with Crippen molar-refractivity contribution in [1.82, 2.24) is 0 Å². The van der Waals surface area contributed by atoms with Crippen LogP contribution in [-0.4, -0.2) is 22.4 Å². The van der Waals surface area contributed by atoms with Crippen LogP contribution in [0.2, 0.25) is 0 Å². The molecule has 0 aliphatic heterocycles. The third kappa shape index (κ3) is 3.83. The fraction of sp³-hybridized carbons (Fsp3) is 0.364. The molecule has 0 amide bonds. The summed E-state index contributed by atoms with van der Waals surface area (Å²) >= 11 is 1.63. The number of aromatic hydroxyl groups is 1. The van der Waals surface area contributed by atoms with Crippen molar-refractivity contribution in [3.8, 4) is 5.75 Å². The van der Waals surface area contributed by atoms with Crippen LogP contribution in [0.4, 0.5) is 0 Å². The minimum atomic E-state index is 0.211. The number of hydrogen-bond donors (Lipinski definition) is 1. The first-order chi connectivity index (χ1) is 6.72. The molecule has 0 radical (unpaired) electrons. The van der Waals surface area contributed by atoms with Crippen LogP contribution in [0.1, 0.15) is 12.5 Å². The summed E-state index contributed by atoms with van der Waals surface area (Å²) in [5, 5.41) is 9.19. The third-order valence-corrected chi connectivity index (χ3v) is 2.71. The van der Waals surface area contributed by atoms with Gasteiger partial charge in [-0.1, -0.05) is 19.1 Å². The lowest BCUT2D eigenvalue weighted by atomic mass is 10.1. The van der Waals surface area contributed by atoms with E-state index < -0.39 is 0 Å². The van der Waals surface area contributed by atoms with Gasteiger partial charge in [0.25, 0.3) is 0 Å². The Bertz CT molecular complexity index is 310. The quantitative estimate of drug-likeness (QED) is 0.810. The molecule has 0 atom stereocenters. The number of carbonyl (C=O) groups is 1. The van der Waals surface area contributed by atoms with Gasteiger partial charge < -0.3 is 5.11 Å². The second-order valence-electron chi connectivity index (χ2n) is 3.02. The van der Waals surface area contributed by atoms with E-state index in [0.717, 1.165) is 11.3 Å². The van der Waals surface area contributed by atoms with E-state index in [1.165, 1.54) is 0 Å². The van der Waals surface area contributed by atoms with Crippen LogP contribution in [0.25, 0.3) is 0 Å². The molecule has 0 heterocycles. The Morgan fingerprint density at radius 2 is 2.29 bits per heavy atom. The molecule has 0 bridgehead atoms. The lowest BCUT2D eigenvalue weighted by Crippen LogP contribution is -2.05. The van der Waals surface area contributed by atoms with E-state index in [0.29, 0.717) is 12.2 Å². The standard InChI is InChI=1S/C11H14O2S/c1-2-14-8-11(13)7-9-4-3-5-10(12)6-9/h3-6,12H,2,7-8H2,1H3. The van der Waals surface area contributed by atoms with Crippen molar-refractivity contribution in [2.24, 2.45) is 0 Å². The van der Waals surface area contributed by atoms with Gasteiger partial charge in [0.2, 0.25) is 0 Å². The molecule has 0 saturated carbocycles. The maximum absolute atomic E-state index is 11.4. The lowest BCUT2D eigenvalue weighted by molar-refractivity contribution is -0.115. The first-order valence-electron chi connectivity index (χ1n) is 4.59. The van der Waals surface area contributed by atoms with Crippen LogP contribution in [0.5, 0.6) is 5.75 Å². The van der Waals surface area contributed by atoms with E-state index in [2.05, 4.69) is 0 Å². The average Bonchev–Trinajstić information content (AvgIpc) is 2.15. The molecule has 1 aromatic rings. The molecule has 0 fully saturated rings. The summed E-state index contributed by atoms with van der Waals surface area (Å²) in [5.41, 5.74) is 0.881. The monoisotopic (exact) mass is 210 g/mol. The SMILES string of the molecule is CCSCC(=O)Cc1cccc(O)c1. The zero-order valence-electron chi connectivity index (χ0n) is 8.19. The van der Waals surface area contributed by atoms with Gasteiger partial charge in [-0.3, -0.25) is 4.79 Å². The number of Topliss-reactive ketones (excluding diaryl/α,β-unsaturated/α-hetero) is 1. The number of rotatable bonds is 5. The Kier molecular flexibility index (Phi) is 4.53. The zero-order chi connectivity index (χ0) is 10.4. The van der Waals surface area contributed by atoms with Crippen LogP contribution in [0.15, 0.2) is 24.3 Å². The Hall–Kier alpha value is -0.960. The fourth-order valence-corrected chi connectivity index (χ4v) is 1.69. The van der Waals surface area contributed by atoms with Crippen molar-refractivity contribution in [2.45, 2.75) is 13.3 Å². The summed E-state index contributed by atoms with van der Waals surface area (Å²) in [4.78, 5) is 11.4. The highest BCUT2D eigenvalue weighted by Crippen LogP contribution is 2.12. The highest BCUT2D eigenvalue weighted by atomic mass is 32.2. The number of hydrogen-bond acceptors (Lipinski definition) is 3. The van der Waals surface area contributed by atoms with Crippen molar-refractivity contribution in [3.63, 3.8) is 0 Å². The molecule has 1 rings (SSSR count). The number of phenolic OH excluding ortho intramolecular Hbond substituents is 1. The number of thioether (sulfide) groups is 1. The van der Waals surface area contributed by atoms with Crippen LogP contribution >= 0.6 is 11.8 Å². The minimum Gasteiger partial charge on any atom is -0.508 e. The first kappa shape index (κ1) is 11.1. The van der Waals surface area contributed by atoms with Crippen molar-refractivity contribution in [1.29, 1.82) is 0 Å². The highest BCUT2D eigenvalue weighted by molar-refractivity contribution is 7.99. The van der Waals surface area contributed by atoms with Gasteiger partial charge in [-0.2, -0.15) is 11.8 Å². The smallest absolute Gasteiger partial charge is 0.147 e. The second kappa shape index (κ2) is 5.70. The molecule has 0 saturated heterocycles. The molecule has 76 valence electrons. The molecular formula is C11H14O2S. The zero-order valence-corrected chi connectivity index (χ0v) is 9.01. The van der Waals surface area contributed by atoms with Crippen molar-refractivity contribution >= 4 is 17.5 Å². The van der Waals surface area contributed by atoms with Crippen molar-refractivity contribution in [2.75, 3.05) is 11.5 Å². The Morgan fingerprint density at radius 1 is 1.50 bits per heavy atom. The summed E-state index contributed by atoms with van der Waals surface area (Å²) in [7, 11) is 0. The number of ketones is 1. The fourth-order valence-electron chi connectivity index (χ4n) is 1.16. The molecule has 14 heavy (non-hydrogen) atoms. The van der Waals surface area contributed by atoms with Crippen LogP contribution in [0, 0.1) is 0 Å². The minimum absolute atomic E-state index is 0.211. The van der Waals surface area contributed by atoms with Crippen LogP contribution in [-0.2, 0) is 11.2 Å². The van der Waals surface area contributed by atoms with Gasteiger partial charge in [0.15, 0.2) is 0 Å². The van der Waals surface area contributed by atoms with E-state index in [1.807, 2.05) is 13.0 Å². The van der Waals surface area contributed by atoms with Gasteiger partial charge in [0.1, 0.15) is 11.5 Å². The van der Waals surface area contributed by atoms with Gasteiger partial charge >= 0.3 is 0 Å². The molecule has 0 unspecified atom stereocenters. The van der Waals surface area contributed by atoms with E-state index in [-0.39, 0.29) is 11.5 Å². The molecule has 1 aromatic carbocycles. The van der Waals surface area contributed by atoms with Gasteiger partial charge in [0, 0.05) is 6.42 Å². The highest BCUT2D eigenvalue weighted by Gasteiger charge is 2.03. The van der Waals surface area contributed by atoms with E-state index in [9.17, 15) is 9.90 Å². The average molecular weight is 210 g/mol. The molecule has 0 aliphatic rings. The van der Waals surface area contributed by atoms with Crippen LogP contribution in [0.3, 0.4) is 0 Å². The Labute approximate surface area is 88.3 Å². The Balaban J connectivity index is 2.47. The molecule has 0 aliphatic carbocycles. The molecular weight excluding hydrogens is 196 g/mol. The molecule has 1 N–H and O–H groups in total. The summed E-state index contributed by atoms with van der Waals surface area (Å²) in [6.45, 7) is 2.03. The van der Waals surface area contributed by atoms with E-state index in [1.54, 1.807) is 30.0 Å². The summed E-state index contributed by atoms with van der Waals surface area (Å²) in [6.07, 6.45) is 0.418. The molecule has 0 spiro atoms. The number of benzene rings is 1. The lowest BCUT2D eigenvalue weighted by Gasteiger charge is -2.00. The van der Waals surface area contributed by atoms with E-state index >= 15 is 0 Å². The van der Waals surface area contributed by atoms with Gasteiger partial charge in [-0.15, -0.1) is 0 Å². The second-order valence-corrected chi connectivity index (χ2v) is 4.30. The molecule has 3 heteroatoms. The topological polar surface area (TPSA) is 37.3 Å². The number of carbonyl (C=O) groups excluding carboxylic acids is 1. The summed E-state index contributed by atoms with van der Waals surface area (Å²) in [6, 6.07) is 6.85. The predicted molar refractivity (Wildman–Crippen MR) is 59.8 cm³/mol. The predicted octanol–water partition coefficient (Wildman–Crippen LogP) is 2.26. The maximum atomic E-state index is 11.4. The first-order valence-corrected chi connectivity index (χ1v) is 5.75. The molecule has 0 aromatic heterocycles. The van der Waals surface area contributed by atoms with Gasteiger partial charge in [-0.05, 0) is 23.4 Å². The third-order valence-electron chi connectivity index (χ3n) is 1.78. The largest absolute Gasteiger partial charge is 0.508 e. The van der Waals surface area contributed by atoms with Gasteiger partial charge in [-0.25, -0.2) is 0 Å². The van der Waals surface area contributed by atoms with Gasteiger partial charge in [0.05, 0.1) is 5.75 Å². The van der Waals surface area contributed by atoms with E-state index in [4.69, 9.17) is 0 Å². The maximum Gasteiger partial charge on any atom is 0.147 e. The van der Waals surface area contributed by atoms with Crippen molar-refractivity contribution in [3.05, 3.63) is 29.8 Å². The Morgan fingerprint density at radius 3 is 2.93 bits per heavy atom.